The number of ether oxygens (including phenoxy) is 1. The quantitative estimate of drug-likeness (QED) is 0.784. The molecule has 1 aliphatic heterocycles. The van der Waals surface area contributed by atoms with Gasteiger partial charge in [-0.05, 0) is 18.6 Å². The van der Waals surface area contributed by atoms with Gasteiger partial charge in [-0.15, -0.1) is 0 Å². The molecule has 1 aromatic rings. The number of methoxy groups -OCH3 is 1. The Labute approximate surface area is 107 Å². The predicted molar refractivity (Wildman–Crippen MR) is 67.4 cm³/mol. The highest BCUT2D eigenvalue weighted by Crippen LogP contribution is 2.17. The molecule has 1 fully saturated rings. The molecule has 2 heterocycles. The van der Waals surface area contributed by atoms with E-state index in [0.29, 0.717) is 24.9 Å². The van der Waals surface area contributed by atoms with Gasteiger partial charge in [0.05, 0.1) is 6.04 Å². The number of anilines is 1. The third-order valence-corrected chi connectivity index (χ3v) is 3.17. The smallest absolute Gasteiger partial charge is 0.266 e. The van der Waals surface area contributed by atoms with Crippen LogP contribution >= 0.6 is 0 Å². The Bertz CT molecular complexity index is 362. The van der Waals surface area contributed by atoms with Gasteiger partial charge in [0, 0.05) is 39.9 Å². The van der Waals surface area contributed by atoms with E-state index < -0.39 is 0 Å². The normalized spacial score (nSPS) is 19.2. The van der Waals surface area contributed by atoms with Gasteiger partial charge in [0.15, 0.2) is 0 Å². The Hall–Kier alpha value is -1.18. The van der Waals surface area contributed by atoms with Gasteiger partial charge in [-0.1, -0.05) is 0 Å². The Morgan fingerprint density at radius 1 is 1.39 bits per heavy atom. The summed E-state index contributed by atoms with van der Waals surface area (Å²) < 4.78 is 10.2. The van der Waals surface area contributed by atoms with Crippen molar-refractivity contribution in [1.82, 2.24) is 15.0 Å². The second-order valence-corrected chi connectivity index (χ2v) is 4.61. The van der Waals surface area contributed by atoms with Crippen LogP contribution in [0.3, 0.4) is 0 Å². The molecule has 102 valence electrons. The maximum Gasteiger partial charge on any atom is 0.266 e. The van der Waals surface area contributed by atoms with Gasteiger partial charge >= 0.3 is 0 Å². The summed E-state index contributed by atoms with van der Waals surface area (Å²) in [6.45, 7) is 4.46. The molecule has 0 radical (unpaired) electrons. The van der Waals surface area contributed by atoms with Crippen molar-refractivity contribution in [2.24, 2.45) is 5.73 Å². The van der Waals surface area contributed by atoms with Crippen LogP contribution < -0.4 is 10.6 Å². The minimum Gasteiger partial charge on any atom is -0.385 e. The highest BCUT2D eigenvalue weighted by Gasteiger charge is 2.21. The van der Waals surface area contributed by atoms with E-state index in [1.54, 1.807) is 7.11 Å². The second-order valence-electron chi connectivity index (χ2n) is 4.61. The molecule has 0 aromatic carbocycles. The van der Waals surface area contributed by atoms with Gasteiger partial charge in [0.25, 0.3) is 5.95 Å². The largest absolute Gasteiger partial charge is 0.385 e. The molecule has 1 aromatic heterocycles. The Balaban J connectivity index is 1.93. The average Bonchev–Trinajstić information content (AvgIpc) is 2.86. The number of rotatable bonds is 5. The summed E-state index contributed by atoms with van der Waals surface area (Å²) in [6, 6.07) is -0.251. The van der Waals surface area contributed by atoms with Crippen molar-refractivity contribution in [2.45, 2.75) is 12.5 Å². The first kappa shape index (κ1) is 13.3. The van der Waals surface area contributed by atoms with Crippen LogP contribution in [0.5, 0.6) is 0 Å². The lowest BCUT2D eigenvalue weighted by atomic mass is 10.2. The number of hydrogen-bond acceptors (Lipinski definition) is 7. The molecule has 0 amide bonds. The van der Waals surface area contributed by atoms with Crippen molar-refractivity contribution in [3.63, 3.8) is 0 Å². The summed E-state index contributed by atoms with van der Waals surface area (Å²) in [6.07, 6.45) is 0.681. The molecule has 1 atom stereocenters. The minimum atomic E-state index is -0.251. The summed E-state index contributed by atoms with van der Waals surface area (Å²) in [4.78, 5) is 8.76. The van der Waals surface area contributed by atoms with Crippen LogP contribution in [0.4, 0.5) is 5.95 Å². The summed E-state index contributed by atoms with van der Waals surface area (Å²) in [5, 5.41) is 3.99. The highest BCUT2D eigenvalue weighted by atomic mass is 16.5. The number of nitrogens with two attached hydrogens (primary N) is 1. The van der Waals surface area contributed by atoms with E-state index in [2.05, 4.69) is 27.0 Å². The molecule has 18 heavy (non-hydrogen) atoms. The average molecular weight is 255 g/mol. The lowest BCUT2D eigenvalue weighted by Gasteiger charge is -2.31. The van der Waals surface area contributed by atoms with Gasteiger partial charge in [0.2, 0.25) is 5.89 Å². The van der Waals surface area contributed by atoms with Gasteiger partial charge in [-0.2, -0.15) is 4.98 Å². The Morgan fingerprint density at radius 3 is 2.78 bits per heavy atom. The fourth-order valence-corrected chi connectivity index (χ4v) is 1.88. The molecule has 0 aliphatic carbocycles. The fourth-order valence-electron chi connectivity index (χ4n) is 1.88. The molecule has 7 nitrogen and oxygen atoms in total. The zero-order chi connectivity index (χ0) is 13.0. The molecule has 1 saturated heterocycles. The minimum absolute atomic E-state index is 0.251. The van der Waals surface area contributed by atoms with E-state index in [4.69, 9.17) is 15.0 Å². The third kappa shape index (κ3) is 3.18. The summed E-state index contributed by atoms with van der Waals surface area (Å²) in [7, 11) is 3.76. The zero-order valence-electron chi connectivity index (χ0n) is 11.0. The number of aromatic nitrogens is 2. The standard InChI is InChI=1S/C11H21N5O2/c1-15-4-6-16(7-5-15)11-13-10(18-14-11)9(12)3-8-17-2/h9H,3-8,12H2,1-2H3. The summed E-state index contributed by atoms with van der Waals surface area (Å²) in [5.74, 6) is 1.13. The van der Waals surface area contributed by atoms with Crippen molar-refractivity contribution in [3.8, 4) is 0 Å². The number of piperazine rings is 1. The van der Waals surface area contributed by atoms with Gasteiger partial charge < -0.3 is 24.8 Å². The number of nitrogens with zero attached hydrogens (tertiary/aromatic N) is 4. The third-order valence-electron chi connectivity index (χ3n) is 3.17. The first-order chi connectivity index (χ1) is 8.70. The maximum absolute atomic E-state index is 5.94. The van der Waals surface area contributed by atoms with Crippen molar-refractivity contribution in [2.75, 3.05) is 51.8 Å². The fraction of sp³-hybridized carbons (Fsp3) is 0.818. The van der Waals surface area contributed by atoms with Crippen LogP contribution in [0.1, 0.15) is 18.4 Å². The monoisotopic (exact) mass is 255 g/mol. The van der Waals surface area contributed by atoms with Crippen LogP contribution in [0.25, 0.3) is 0 Å². The summed E-state index contributed by atoms with van der Waals surface area (Å²) >= 11 is 0. The van der Waals surface area contributed by atoms with Gasteiger partial charge in [-0.3, -0.25) is 0 Å². The molecule has 2 N–H and O–H groups in total. The predicted octanol–water partition coefficient (Wildman–Crippen LogP) is -0.142. The van der Waals surface area contributed by atoms with E-state index in [1.165, 1.54) is 0 Å². The Kier molecular flexibility index (Phi) is 4.51. The highest BCUT2D eigenvalue weighted by molar-refractivity contribution is 5.28. The van der Waals surface area contributed by atoms with Crippen molar-refractivity contribution < 1.29 is 9.26 Å². The van der Waals surface area contributed by atoms with Gasteiger partial charge in [0.1, 0.15) is 0 Å². The number of likely N-dealkylation sites (N-methyl/N-ethyl adjacent to an activating group) is 1. The topological polar surface area (TPSA) is 80.7 Å². The van der Waals surface area contributed by atoms with Crippen molar-refractivity contribution in [1.29, 1.82) is 0 Å². The van der Waals surface area contributed by atoms with Crippen LogP contribution in [0.2, 0.25) is 0 Å². The van der Waals surface area contributed by atoms with E-state index in [1.807, 2.05) is 0 Å². The van der Waals surface area contributed by atoms with E-state index in [0.717, 1.165) is 26.2 Å². The molecule has 0 saturated carbocycles. The molecule has 1 aliphatic rings. The summed E-state index contributed by atoms with van der Waals surface area (Å²) in [5.41, 5.74) is 5.94. The lowest BCUT2D eigenvalue weighted by molar-refractivity contribution is 0.182. The molecule has 0 spiro atoms. The Morgan fingerprint density at radius 2 is 2.11 bits per heavy atom. The molecular weight excluding hydrogens is 234 g/mol. The maximum atomic E-state index is 5.94. The van der Waals surface area contributed by atoms with Crippen LogP contribution in [-0.2, 0) is 4.74 Å². The van der Waals surface area contributed by atoms with Crippen molar-refractivity contribution >= 4 is 5.95 Å². The van der Waals surface area contributed by atoms with Crippen LogP contribution in [0.15, 0.2) is 4.52 Å². The SMILES string of the molecule is COCCC(N)c1nc(N2CCN(C)CC2)no1. The molecule has 7 heteroatoms. The second kappa shape index (κ2) is 6.12. The lowest BCUT2D eigenvalue weighted by Crippen LogP contribution is -2.44. The van der Waals surface area contributed by atoms with E-state index >= 15 is 0 Å². The first-order valence-electron chi connectivity index (χ1n) is 6.22. The van der Waals surface area contributed by atoms with Crippen LogP contribution in [0, 0.1) is 0 Å². The van der Waals surface area contributed by atoms with Crippen molar-refractivity contribution in [3.05, 3.63) is 5.89 Å². The van der Waals surface area contributed by atoms with E-state index in [-0.39, 0.29) is 6.04 Å². The van der Waals surface area contributed by atoms with Crippen LogP contribution in [-0.4, -0.2) is 62.0 Å². The number of hydrogen-bond donors (Lipinski definition) is 1. The van der Waals surface area contributed by atoms with E-state index in [9.17, 15) is 0 Å². The molecular formula is C11H21N5O2. The molecule has 0 bridgehead atoms. The zero-order valence-corrected chi connectivity index (χ0v) is 11.0. The first-order valence-corrected chi connectivity index (χ1v) is 6.22. The molecule has 1 unspecified atom stereocenters. The van der Waals surface area contributed by atoms with Gasteiger partial charge in [-0.25, -0.2) is 0 Å². The molecule has 2 rings (SSSR count).